The molecule has 0 amide bonds. The second kappa shape index (κ2) is 11.6. The van der Waals surface area contributed by atoms with Gasteiger partial charge in [0.05, 0.1) is 27.6 Å². The van der Waals surface area contributed by atoms with E-state index in [2.05, 4.69) is 167 Å². The molecule has 13 aromatic rings. The van der Waals surface area contributed by atoms with Crippen molar-refractivity contribution in [3.8, 4) is 39.9 Å². The van der Waals surface area contributed by atoms with E-state index >= 15 is 0 Å². The van der Waals surface area contributed by atoms with Gasteiger partial charge in [0.1, 0.15) is 0 Å². The Morgan fingerprint density at radius 2 is 0.947 bits per heavy atom. The molecule has 0 aliphatic rings. The molecular weight excluding hydrogens is 715 g/mol. The Bertz CT molecular complexity index is 3750. The van der Waals surface area contributed by atoms with E-state index in [1.807, 2.05) is 29.5 Å². The molecule has 0 N–H and O–H groups in total. The van der Waals surface area contributed by atoms with Gasteiger partial charge in [-0.05, 0) is 53.9 Å². The molecule has 8 aromatic carbocycles. The normalized spacial score (nSPS) is 12.2. The summed E-state index contributed by atoms with van der Waals surface area (Å²) in [5.74, 6) is 1.94. The van der Waals surface area contributed by atoms with Crippen molar-refractivity contribution in [3.05, 3.63) is 176 Å². The SMILES string of the molecule is c1ccc(-c2nc(-c3cccc4c3c3ccccc3n4-c3ccccc3)nc(-c3cc4sc5cccc6c7ccccc7n7c8ccccc8c3c7c4c56)n2)cc1. The van der Waals surface area contributed by atoms with Crippen molar-refractivity contribution in [3.63, 3.8) is 0 Å². The minimum absolute atomic E-state index is 0.643. The Morgan fingerprint density at radius 3 is 1.74 bits per heavy atom. The smallest absolute Gasteiger partial charge is 0.164 e. The summed E-state index contributed by atoms with van der Waals surface area (Å²) in [4.78, 5) is 16.2. The Morgan fingerprint density at radius 1 is 0.368 bits per heavy atom. The third kappa shape index (κ3) is 4.25. The molecule has 0 bridgehead atoms. The van der Waals surface area contributed by atoms with Crippen LogP contribution in [0.5, 0.6) is 0 Å². The van der Waals surface area contributed by atoms with Gasteiger partial charge in [-0.3, -0.25) is 0 Å². The first-order chi connectivity index (χ1) is 28.3. The van der Waals surface area contributed by atoms with Gasteiger partial charge in [-0.25, -0.2) is 15.0 Å². The standard InChI is InChI=1S/C51H29N5S/c1-3-15-30(16-4-1)49-52-50(36-23-13-27-41-44(36)34-20-8-11-25-39(34)55(41)31-17-5-2-6-18-31)54-51(53-49)37-29-43-47-46-33(22-14-28-42(46)57-43)32-19-7-10-24-38(32)56-40-26-12-9-21-35(40)45(37)48(47)56/h1-29H. The summed E-state index contributed by atoms with van der Waals surface area (Å²) in [7, 11) is 0. The van der Waals surface area contributed by atoms with Gasteiger partial charge < -0.3 is 8.97 Å². The number of hydrogen-bond donors (Lipinski definition) is 0. The lowest BCUT2D eigenvalue weighted by Crippen LogP contribution is -2.01. The van der Waals surface area contributed by atoms with Crippen molar-refractivity contribution in [2.45, 2.75) is 0 Å². The fraction of sp³-hybridized carbons (Fsp3) is 0. The Labute approximate surface area is 329 Å². The van der Waals surface area contributed by atoms with Crippen molar-refractivity contribution in [2.75, 3.05) is 0 Å². The number of hydrogen-bond acceptors (Lipinski definition) is 4. The molecule has 5 heterocycles. The Kier molecular flexibility index (Phi) is 6.26. The highest BCUT2D eigenvalue weighted by atomic mass is 32.1. The lowest BCUT2D eigenvalue weighted by atomic mass is 10.00. The lowest BCUT2D eigenvalue weighted by molar-refractivity contribution is 1.08. The summed E-state index contributed by atoms with van der Waals surface area (Å²) >= 11 is 1.84. The lowest BCUT2D eigenvalue weighted by Gasteiger charge is -2.12. The molecule has 0 saturated heterocycles. The van der Waals surface area contributed by atoms with Gasteiger partial charge in [0.2, 0.25) is 0 Å². The third-order valence-electron chi connectivity index (χ3n) is 11.7. The number of para-hydroxylation sites is 4. The zero-order valence-corrected chi connectivity index (χ0v) is 31.2. The predicted octanol–water partition coefficient (Wildman–Crippen LogP) is 13.5. The van der Waals surface area contributed by atoms with Crippen molar-refractivity contribution in [2.24, 2.45) is 0 Å². The zero-order chi connectivity index (χ0) is 37.2. The van der Waals surface area contributed by atoms with Crippen molar-refractivity contribution in [1.82, 2.24) is 23.9 Å². The van der Waals surface area contributed by atoms with Crippen molar-refractivity contribution < 1.29 is 0 Å². The topological polar surface area (TPSA) is 48.0 Å². The highest BCUT2D eigenvalue weighted by molar-refractivity contribution is 7.26. The van der Waals surface area contributed by atoms with Gasteiger partial charge in [-0.1, -0.05) is 127 Å². The van der Waals surface area contributed by atoms with Crippen LogP contribution in [0.3, 0.4) is 0 Å². The summed E-state index contributed by atoms with van der Waals surface area (Å²) in [5, 5.41) is 9.70. The fourth-order valence-electron chi connectivity index (χ4n) is 9.40. The van der Waals surface area contributed by atoms with E-state index in [1.54, 1.807) is 0 Å². The molecule has 57 heavy (non-hydrogen) atoms. The minimum Gasteiger partial charge on any atom is -0.309 e. The number of benzene rings is 8. The quantitative estimate of drug-likeness (QED) is 0.180. The molecule has 0 atom stereocenters. The van der Waals surface area contributed by atoms with Gasteiger partial charge >= 0.3 is 0 Å². The van der Waals surface area contributed by atoms with Crippen LogP contribution in [0.1, 0.15) is 0 Å². The van der Waals surface area contributed by atoms with Crippen LogP contribution in [0.4, 0.5) is 0 Å². The highest BCUT2D eigenvalue weighted by Gasteiger charge is 2.26. The maximum Gasteiger partial charge on any atom is 0.164 e. The summed E-state index contributed by atoms with van der Waals surface area (Å²) in [5.41, 5.74) is 9.81. The van der Waals surface area contributed by atoms with E-state index in [0.29, 0.717) is 17.5 Å². The maximum absolute atomic E-state index is 5.51. The van der Waals surface area contributed by atoms with Crippen LogP contribution >= 0.6 is 11.3 Å². The van der Waals surface area contributed by atoms with Crippen molar-refractivity contribution in [1.29, 1.82) is 0 Å². The Hall–Kier alpha value is -7.41. The molecule has 0 saturated carbocycles. The summed E-state index contributed by atoms with van der Waals surface area (Å²) < 4.78 is 7.32. The van der Waals surface area contributed by atoms with E-state index in [4.69, 9.17) is 15.0 Å². The van der Waals surface area contributed by atoms with Crippen LogP contribution in [-0.4, -0.2) is 23.9 Å². The van der Waals surface area contributed by atoms with E-state index in [1.165, 1.54) is 47.4 Å². The average Bonchev–Trinajstić information content (AvgIpc) is 3.91. The molecule has 5 nitrogen and oxygen atoms in total. The average molecular weight is 744 g/mol. The first kappa shape index (κ1) is 30.9. The second-order valence-electron chi connectivity index (χ2n) is 14.7. The van der Waals surface area contributed by atoms with E-state index < -0.39 is 0 Å². The van der Waals surface area contributed by atoms with Crippen LogP contribution < -0.4 is 0 Å². The van der Waals surface area contributed by atoms with Gasteiger partial charge in [0.25, 0.3) is 0 Å². The molecule has 0 unspecified atom stereocenters. The van der Waals surface area contributed by atoms with Crippen LogP contribution in [0, 0.1) is 0 Å². The number of nitrogens with zero attached hydrogens (tertiary/aromatic N) is 5. The first-order valence-corrected chi connectivity index (χ1v) is 20.0. The molecule has 0 spiro atoms. The molecule has 0 aliphatic carbocycles. The first-order valence-electron chi connectivity index (χ1n) is 19.2. The molecule has 0 radical (unpaired) electrons. The highest BCUT2D eigenvalue weighted by Crippen LogP contribution is 2.49. The molecule has 13 rings (SSSR count). The van der Waals surface area contributed by atoms with Crippen molar-refractivity contribution >= 4 is 91.4 Å². The van der Waals surface area contributed by atoms with Gasteiger partial charge in [0, 0.05) is 69.5 Å². The summed E-state index contributed by atoms with van der Waals surface area (Å²) in [6.07, 6.45) is 0. The predicted molar refractivity (Wildman–Crippen MR) is 238 cm³/mol. The molecule has 0 aliphatic heterocycles. The van der Waals surface area contributed by atoms with E-state index in [9.17, 15) is 0 Å². The largest absolute Gasteiger partial charge is 0.309 e. The monoisotopic (exact) mass is 743 g/mol. The maximum atomic E-state index is 5.51. The third-order valence-corrected chi connectivity index (χ3v) is 12.8. The minimum atomic E-state index is 0.643. The zero-order valence-electron chi connectivity index (χ0n) is 30.4. The van der Waals surface area contributed by atoms with E-state index in [-0.39, 0.29) is 0 Å². The number of thiophene rings is 1. The molecular formula is C51H29N5S. The van der Waals surface area contributed by atoms with Gasteiger partial charge in [-0.2, -0.15) is 0 Å². The summed E-state index contributed by atoms with van der Waals surface area (Å²) in [6.45, 7) is 0. The molecule has 0 fully saturated rings. The molecule has 6 heteroatoms. The van der Waals surface area contributed by atoms with Gasteiger partial charge in [0.15, 0.2) is 17.5 Å². The van der Waals surface area contributed by atoms with Crippen LogP contribution in [0.15, 0.2) is 176 Å². The Balaban J connectivity index is 1.19. The van der Waals surface area contributed by atoms with Crippen LogP contribution in [-0.2, 0) is 0 Å². The number of rotatable bonds is 4. The molecule has 5 aromatic heterocycles. The number of fused-ring (bicyclic) bond motifs is 9. The second-order valence-corrected chi connectivity index (χ2v) is 15.8. The van der Waals surface area contributed by atoms with Gasteiger partial charge in [-0.15, -0.1) is 11.3 Å². The fourth-order valence-corrected chi connectivity index (χ4v) is 10.6. The number of aromatic nitrogens is 5. The van der Waals surface area contributed by atoms with E-state index in [0.717, 1.165) is 55.1 Å². The van der Waals surface area contributed by atoms with Crippen LogP contribution in [0.2, 0.25) is 0 Å². The molecule has 264 valence electrons. The van der Waals surface area contributed by atoms with Crippen LogP contribution in [0.25, 0.3) is 120 Å². The summed E-state index contributed by atoms with van der Waals surface area (Å²) in [6, 6.07) is 62.7.